The molecule has 10 rings (SSSR count). The average Bonchev–Trinajstić information content (AvgIpc) is 3.96. The van der Waals surface area contributed by atoms with Crippen LogP contribution in [0, 0.1) is 94.7 Å². The molecule has 10 aliphatic carbocycles. The summed E-state index contributed by atoms with van der Waals surface area (Å²) >= 11 is 0. The Morgan fingerprint density at radius 2 is 0.983 bits per heavy atom. The van der Waals surface area contributed by atoms with Crippen molar-refractivity contribution in [2.24, 2.45) is 70.0 Å². The summed E-state index contributed by atoms with van der Waals surface area (Å²) in [5.41, 5.74) is -0.640. The molecular formula is C45H79F3Rf12-4. The van der Waals surface area contributed by atoms with E-state index in [1.54, 1.807) is 5.92 Å². The molecule has 10 fully saturated rings. The van der Waals surface area contributed by atoms with E-state index in [1.165, 1.54) is 110 Å². The molecule has 0 N–H and O–H groups in total. The Hall–Kier alpha value is -12.2. The van der Waals surface area contributed by atoms with Crippen LogP contribution in [0.3, 0.4) is 0 Å². The molecule has 0 amide bonds. The van der Waals surface area contributed by atoms with E-state index in [-0.39, 0.29) is 11.8 Å². The van der Waals surface area contributed by atoms with Gasteiger partial charge in [0.05, 0.1) is 0 Å². The van der Waals surface area contributed by atoms with E-state index in [2.05, 4.69) is 26.7 Å². The Labute approximate surface area is 298 Å². The van der Waals surface area contributed by atoms with Gasteiger partial charge in [-0.2, -0.15) is 69.4 Å². The molecule has 0 aromatic carbocycles. The molecule has 15 heteroatoms. The average molecular weight is 3880 g/mol. The van der Waals surface area contributed by atoms with E-state index in [1.807, 2.05) is 61.3 Å². The van der Waals surface area contributed by atoms with Crippen molar-refractivity contribution in [3.63, 3.8) is 0 Å². The van der Waals surface area contributed by atoms with Crippen LogP contribution in [0.2, 0.25) is 0 Å². The van der Waals surface area contributed by atoms with Gasteiger partial charge in [0.1, 0.15) is 0 Å². The molecule has 9 unspecified atom stereocenters. The maximum atomic E-state index is 13.3. The van der Waals surface area contributed by atoms with Gasteiger partial charge >= 0.3 is 6.18 Å². The van der Waals surface area contributed by atoms with Crippen LogP contribution in [-0.4, -0.2) is 6.18 Å². The van der Waals surface area contributed by atoms with Crippen LogP contribution < -0.4 is 0 Å². The van der Waals surface area contributed by atoms with Gasteiger partial charge in [-0.15, -0.1) is 5.92 Å². The van der Waals surface area contributed by atoms with Crippen LogP contribution >= 0.6 is 0 Å². The summed E-state index contributed by atoms with van der Waals surface area (Å²) in [4.78, 5) is 0. The molecule has 0 aromatic heterocycles. The largest absolute Gasteiger partial charge is 0.391 e. The summed E-state index contributed by atoms with van der Waals surface area (Å²) < 4.78 is 39.8. The van der Waals surface area contributed by atoms with Crippen molar-refractivity contribution in [2.45, 2.75) is 191 Å². The fraction of sp³-hybridized carbons (Fsp3) is 0.911. The minimum Gasteiger partial charge on any atom is -0.322 e. The Bertz CT molecular complexity index is 924. The van der Waals surface area contributed by atoms with Gasteiger partial charge in [0.15, 0.2) is 0 Å². The molecule has 0 aromatic rings. The quantitative estimate of drug-likeness (QED) is 0.168. The third-order valence-corrected chi connectivity index (χ3v) is 14.5. The standard InChI is InChI=1S/C14H18F3.2C8H13.C7H11.4C2H6.12Rf/c1-13(14(15,16)17)6-9-5-10(13)12-8-3-2-7(4-8)11(9)12;1-8-4-2-7(6-8)3-5-8;1-6-4-7-2-3-8(6)5-7;1-2-7-4-3-6(1)5-7;4*1-2;;;;;;;;;;;;/h5,7-12H,2-4,6H2,1H3;2-6H2,1H3;7-8H,2-5H2,1H3;5-7H,1-4H2;4*1-2H3;;;;;;;;;;;;/q4*-1;;;;;;;;;;;;;;;;. The van der Waals surface area contributed by atoms with E-state index < -0.39 is 11.6 Å². The van der Waals surface area contributed by atoms with Crippen molar-refractivity contribution in [1.82, 2.24) is 0 Å². The topological polar surface area (TPSA) is 0 Å². The molecular weight excluding hydrogens is 3800 g/mol. The zero-order valence-electron chi connectivity index (χ0n) is 42.1. The minimum atomic E-state index is -4.02. The molecule has 9 atom stereocenters. The van der Waals surface area contributed by atoms with Gasteiger partial charge in [0, 0.05) is 5.41 Å². The normalized spacial score (nSPS) is 33.7. The third kappa shape index (κ3) is 11.7. The third-order valence-electron chi connectivity index (χ3n) is 14.5. The number of hydrogen-bond acceptors (Lipinski definition) is 0. The van der Waals surface area contributed by atoms with Gasteiger partial charge in [-0.3, -0.25) is 0 Å². The second kappa shape index (κ2) is 26.5. The Morgan fingerprint density at radius 1 is 0.550 bits per heavy atom. The van der Waals surface area contributed by atoms with Crippen LogP contribution in [0.1, 0.15) is 185 Å². The molecule has 0 spiro atoms. The molecule has 10 saturated carbocycles. The summed E-state index contributed by atoms with van der Waals surface area (Å²) in [5.74, 6) is 10.4. The molecule has 0 heterocycles. The number of alkyl halides is 3. The summed E-state index contributed by atoms with van der Waals surface area (Å²) in [6.07, 6.45) is 24.1. The maximum Gasteiger partial charge on any atom is 0.391 e. The Morgan fingerprint density at radius 3 is 1.23 bits per heavy atom. The van der Waals surface area contributed by atoms with E-state index in [0.29, 0.717) is 24.2 Å². The van der Waals surface area contributed by atoms with Gasteiger partial charge in [-0.1, -0.05) is 157 Å². The first-order chi connectivity index (χ1) is 23.0. The summed E-state index contributed by atoms with van der Waals surface area (Å²) in [5, 5.41) is 0. The first kappa shape index (κ1) is 73.3. The van der Waals surface area contributed by atoms with Crippen LogP contribution in [-0.2, 0) is 0 Å². The zero-order valence-corrected chi connectivity index (χ0v) is 119. The van der Waals surface area contributed by atoms with Gasteiger partial charge in [-0.25, -0.2) is 0 Å². The van der Waals surface area contributed by atoms with Gasteiger partial charge in [0.25, 0.3) is 0 Å². The maximum absolute atomic E-state index is 13.3. The SMILES string of the molecule is CC.CC.CC.CC.CC1(C(F)(F)F)CC2[CH-]C1C1C3CCC(C3)C21.CC12CC[C-](CC1)C2.C[C-]1CC2CCC1C2.[CH-]1C2CCC1CC2.[Rf].[Rf].[Rf].[Rf].[Rf].[Rf].[Rf].[Rf].[Rf].[Rf].[Rf].[Rf]. The van der Waals surface area contributed by atoms with E-state index in [9.17, 15) is 13.2 Å². The summed E-state index contributed by atoms with van der Waals surface area (Å²) in [6, 6.07) is 0. The first-order valence-electron chi connectivity index (χ1n) is 21.4. The predicted molar refractivity (Wildman–Crippen MR) is 202 cm³/mol. The second-order valence-electron chi connectivity index (χ2n) is 17.0. The second-order valence-corrected chi connectivity index (χ2v) is 17.0. The van der Waals surface area contributed by atoms with Crippen molar-refractivity contribution in [3.05, 3.63) is 24.7 Å². The van der Waals surface area contributed by atoms with Gasteiger partial charge < -0.3 is 24.7 Å². The number of hydrogen-bond donors (Lipinski definition) is 0. The first-order valence-corrected chi connectivity index (χ1v) is 21.4. The predicted octanol–water partition coefficient (Wildman–Crippen LogP) is 15.1. The monoisotopic (exact) mass is 3880 g/mol. The van der Waals surface area contributed by atoms with Gasteiger partial charge in [0.2, 0.25) is 0 Å². The molecule has 0 saturated heterocycles. The summed E-state index contributed by atoms with van der Waals surface area (Å²) in [7, 11) is 0. The smallest absolute Gasteiger partial charge is 0.322 e. The van der Waals surface area contributed by atoms with E-state index in [0.717, 1.165) is 35.0 Å². The molecule has 60 heavy (non-hydrogen) atoms. The van der Waals surface area contributed by atoms with Crippen molar-refractivity contribution in [1.29, 1.82) is 0 Å². The van der Waals surface area contributed by atoms with Crippen LogP contribution in [0.4, 0.5) is 13.2 Å². The van der Waals surface area contributed by atoms with Crippen molar-refractivity contribution >= 4 is 0 Å². The zero-order chi connectivity index (χ0) is 35.9. The minimum absolute atomic E-state index is 0. The van der Waals surface area contributed by atoms with E-state index >= 15 is 0 Å². The molecule has 10 bridgehead atoms. The van der Waals surface area contributed by atoms with Crippen LogP contribution in [0.15, 0.2) is 0 Å². The molecule has 0 aliphatic heterocycles. The molecule has 0 nitrogen and oxygen atoms in total. The van der Waals surface area contributed by atoms with Crippen LogP contribution in [0.25, 0.3) is 0 Å². The van der Waals surface area contributed by atoms with Gasteiger partial charge in [-0.05, 0) is 31.1 Å². The van der Waals surface area contributed by atoms with Crippen LogP contribution in [0.5, 0.6) is 0 Å². The van der Waals surface area contributed by atoms with E-state index in [4.69, 9.17) is 0 Å². The molecule has 308 valence electrons. The van der Waals surface area contributed by atoms with Crippen molar-refractivity contribution in [3.8, 4) is 0 Å². The number of fused-ring (bicyclic) bond motifs is 15. The fourth-order valence-corrected chi connectivity index (χ4v) is 12.3. The Kier molecular flexibility index (Phi) is 32.4. The van der Waals surface area contributed by atoms with Crippen molar-refractivity contribution < 1.29 is 13.2 Å². The Balaban J connectivity index is -0.0000000644. The van der Waals surface area contributed by atoms with Crippen molar-refractivity contribution in [2.75, 3.05) is 0 Å². The number of rotatable bonds is 0. The number of halogens is 3. The molecule has 0 radical (unpaired) electrons. The fourth-order valence-electron chi connectivity index (χ4n) is 12.3. The summed E-state index contributed by atoms with van der Waals surface area (Å²) in [6.45, 7) is 22.2. The molecule has 10 aliphatic rings.